The Balaban J connectivity index is 2.99. The van der Waals surface area contributed by atoms with Gasteiger partial charge in [-0.05, 0) is 37.5 Å². The van der Waals surface area contributed by atoms with Crippen LogP contribution in [0.4, 0.5) is 0 Å². The summed E-state index contributed by atoms with van der Waals surface area (Å²) in [6.45, 7) is 4.86. The summed E-state index contributed by atoms with van der Waals surface area (Å²) in [6.07, 6.45) is 0. The van der Waals surface area contributed by atoms with E-state index in [9.17, 15) is 9.59 Å². The van der Waals surface area contributed by atoms with Gasteiger partial charge in [0.05, 0.1) is 5.92 Å². The van der Waals surface area contributed by atoms with Crippen LogP contribution in [0.15, 0.2) is 28.7 Å². The average molecular weight is 283 g/mol. The molecule has 1 rings (SSSR count). The lowest BCUT2D eigenvalue weighted by atomic mass is 9.83. The second kappa shape index (κ2) is 5.39. The zero-order chi connectivity index (χ0) is 12.3. The summed E-state index contributed by atoms with van der Waals surface area (Å²) in [5.41, 5.74) is 1.01. The van der Waals surface area contributed by atoms with Crippen molar-refractivity contribution in [3.05, 3.63) is 34.3 Å². The summed E-state index contributed by atoms with van der Waals surface area (Å²) >= 11 is 3.36. The van der Waals surface area contributed by atoms with E-state index in [0.717, 1.165) is 10.0 Å². The third-order valence-corrected chi connectivity index (χ3v) is 3.30. The molecule has 0 aliphatic rings. The van der Waals surface area contributed by atoms with Gasteiger partial charge in [0, 0.05) is 4.47 Å². The number of ketones is 2. The molecule has 0 spiro atoms. The molecule has 0 saturated heterocycles. The van der Waals surface area contributed by atoms with Gasteiger partial charge in [0.2, 0.25) is 0 Å². The van der Waals surface area contributed by atoms with Gasteiger partial charge < -0.3 is 0 Å². The lowest BCUT2D eigenvalue weighted by Crippen LogP contribution is -2.25. The van der Waals surface area contributed by atoms with Gasteiger partial charge in [-0.25, -0.2) is 0 Å². The van der Waals surface area contributed by atoms with Gasteiger partial charge in [-0.2, -0.15) is 0 Å². The highest BCUT2D eigenvalue weighted by Gasteiger charge is 2.27. The van der Waals surface area contributed by atoms with Gasteiger partial charge in [0.15, 0.2) is 0 Å². The first kappa shape index (κ1) is 13.1. The monoisotopic (exact) mass is 282 g/mol. The third-order valence-electron chi connectivity index (χ3n) is 2.77. The van der Waals surface area contributed by atoms with Gasteiger partial charge >= 0.3 is 0 Å². The molecule has 0 amide bonds. The van der Waals surface area contributed by atoms with Gasteiger partial charge in [0.25, 0.3) is 0 Å². The molecular formula is C13H15BrO2. The Morgan fingerprint density at radius 2 is 1.50 bits per heavy atom. The van der Waals surface area contributed by atoms with E-state index in [1.807, 2.05) is 31.2 Å². The molecule has 0 aromatic heterocycles. The second-order valence-corrected chi connectivity index (χ2v) is 4.95. The number of hydrogen-bond donors (Lipinski definition) is 0. The first-order valence-electron chi connectivity index (χ1n) is 5.20. The molecule has 0 fully saturated rings. The first-order chi connectivity index (χ1) is 7.43. The van der Waals surface area contributed by atoms with E-state index in [1.54, 1.807) is 0 Å². The Morgan fingerprint density at radius 1 is 1.06 bits per heavy atom. The van der Waals surface area contributed by atoms with Crippen molar-refractivity contribution in [2.24, 2.45) is 5.92 Å². The van der Waals surface area contributed by atoms with Gasteiger partial charge in [-0.1, -0.05) is 35.0 Å². The maximum absolute atomic E-state index is 11.4. The summed E-state index contributed by atoms with van der Waals surface area (Å²) in [4.78, 5) is 22.9. The molecule has 1 atom stereocenters. The molecule has 0 heterocycles. The molecule has 1 aromatic carbocycles. The molecule has 3 heteroatoms. The zero-order valence-electron chi connectivity index (χ0n) is 9.66. The smallest absolute Gasteiger partial charge is 0.140 e. The summed E-state index contributed by atoms with van der Waals surface area (Å²) in [5.74, 6) is -0.727. The number of carbonyl (C=O) groups excluding carboxylic acids is 2. The van der Waals surface area contributed by atoms with Crippen LogP contribution in [0, 0.1) is 5.92 Å². The van der Waals surface area contributed by atoms with Crippen LogP contribution in [0.5, 0.6) is 0 Å². The largest absolute Gasteiger partial charge is 0.299 e. The molecule has 1 unspecified atom stereocenters. The lowest BCUT2D eigenvalue weighted by molar-refractivity contribution is -0.131. The molecule has 0 bridgehead atoms. The van der Waals surface area contributed by atoms with E-state index < -0.39 is 5.92 Å². The van der Waals surface area contributed by atoms with Crippen LogP contribution in [-0.2, 0) is 9.59 Å². The Kier molecular flexibility index (Phi) is 4.42. The number of benzene rings is 1. The molecule has 1 aromatic rings. The van der Waals surface area contributed by atoms with Crippen molar-refractivity contribution in [2.75, 3.05) is 0 Å². The Bertz CT molecular complexity index is 381. The summed E-state index contributed by atoms with van der Waals surface area (Å²) in [6, 6.07) is 7.72. The van der Waals surface area contributed by atoms with Crippen molar-refractivity contribution >= 4 is 27.5 Å². The maximum atomic E-state index is 11.4. The number of Topliss-reactive ketones (excluding diaryl/α,β-unsaturated/α-hetero) is 2. The van der Waals surface area contributed by atoms with Crippen LogP contribution in [0.3, 0.4) is 0 Å². The Labute approximate surface area is 104 Å². The van der Waals surface area contributed by atoms with Gasteiger partial charge in [0.1, 0.15) is 11.6 Å². The zero-order valence-corrected chi connectivity index (χ0v) is 11.2. The quantitative estimate of drug-likeness (QED) is 0.794. The number of halogens is 1. The van der Waals surface area contributed by atoms with E-state index >= 15 is 0 Å². The van der Waals surface area contributed by atoms with Crippen molar-refractivity contribution in [1.82, 2.24) is 0 Å². The van der Waals surface area contributed by atoms with E-state index in [0.29, 0.717) is 0 Å². The van der Waals surface area contributed by atoms with E-state index in [-0.39, 0.29) is 17.5 Å². The SMILES string of the molecule is CC(=O)C(C(C)=O)C(C)c1ccc(Br)cc1. The molecule has 2 nitrogen and oxygen atoms in total. The van der Waals surface area contributed by atoms with Crippen LogP contribution in [0.2, 0.25) is 0 Å². The van der Waals surface area contributed by atoms with Crippen LogP contribution >= 0.6 is 15.9 Å². The van der Waals surface area contributed by atoms with Crippen LogP contribution in [0.25, 0.3) is 0 Å². The van der Waals surface area contributed by atoms with Crippen molar-refractivity contribution in [1.29, 1.82) is 0 Å². The highest BCUT2D eigenvalue weighted by molar-refractivity contribution is 9.10. The number of hydrogen-bond acceptors (Lipinski definition) is 2. The minimum Gasteiger partial charge on any atom is -0.299 e. The highest BCUT2D eigenvalue weighted by atomic mass is 79.9. The number of rotatable bonds is 4. The predicted octanol–water partition coefficient (Wildman–Crippen LogP) is 3.35. The highest BCUT2D eigenvalue weighted by Crippen LogP contribution is 2.26. The summed E-state index contributed by atoms with van der Waals surface area (Å²) in [7, 11) is 0. The third kappa shape index (κ3) is 3.01. The van der Waals surface area contributed by atoms with Gasteiger partial charge in [-0.3, -0.25) is 9.59 Å². The Hall–Kier alpha value is -0.960. The molecule has 16 heavy (non-hydrogen) atoms. The lowest BCUT2D eigenvalue weighted by Gasteiger charge is -2.19. The maximum Gasteiger partial charge on any atom is 0.140 e. The van der Waals surface area contributed by atoms with Crippen LogP contribution in [0.1, 0.15) is 32.3 Å². The van der Waals surface area contributed by atoms with Crippen molar-refractivity contribution < 1.29 is 9.59 Å². The van der Waals surface area contributed by atoms with Crippen LogP contribution in [-0.4, -0.2) is 11.6 Å². The van der Waals surface area contributed by atoms with E-state index in [4.69, 9.17) is 0 Å². The number of carbonyl (C=O) groups is 2. The normalized spacial score (nSPS) is 12.6. The Morgan fingerprint density at radius 3 is 1.88 bits per heavy atom. The average Bonchev–Trinajstić information content (AvgIpc) is 2.17. The van der Waals surface area contributed by atoms with Gasteiger partial charge in [-0.15, -0.1) is 0 Å². The van der Waals surface area contributed by atoms with E-state index in [2.05, 4.69) is 15.9 Å². The van der Waals surface area contributed by atoms with Crippen LogP contribution < -0.4 is 0 Å². The molecule has 0 N–H and O–H groups in total. The summed E-state index contributed by atoms with van der Waals surface area (Å²) in [5, 5.41) is 0. The fourth-order valence-electron chi connectivity index (χ4n) is 1.95. The van der Waals surface area contributed by atoms with Crippen molar-refractivity contribution in [3.8, 4) is 0 Å². The standard InChI is InChI=1S/C13H15BrO2/c1-8(13(9(2)15)10(3)16)11-4-6-12(14)7-5-11/h4-8,13H,1-3H3. The first-order valence-corrected chi connectivity index (χ1v) is 5.99. The predicted molar refractivity (Wildman–Crippen MR) is 67.4 cm³/mol. The molecule has 0 aliphatic heterocycles. The topological polar surface area (TPSA) is 34.1 Å². The van der Waals surface area contributed by atoms with Crippen molar-refractivity contribution in [3.63, 3.8) is 0 Å². The molecular weight excluding hydrogens is 268 g/mol. The minimum absolute atomic E-state index is 0.0666. The fourth-order valence-corrected chi connectivity index (χ4v) is 2.21. The molecule has 0 saturated carbocycles. The summed E-state index contributed by atoms with van der Waals surface area (Å²) < 4.78 is 0.991. The second-order valence-electron chi connectivity index (χ2n) is 4.04. The fraction of sp³-hybridized carbons (Fsp3) is 0.385. The van der Waals surface area contributed by atoms with Crippen molar-refractivity contribution in [2.45, 2.75) is 26.7 Å². The van der Waals surface area contributed by atoms with E-state index in [1.165, 1.54) is 13.8 Å². The molecule has 0 aliphatic carbocycles. The molecule has 86 valence electrons. The minimum atomic E-state index is -0.527. The molecule has 0 radical (unpaired) electrons.